The van der Waals surface area contributed by atoms with Crippen molar-refractivity contribution in [3.05, 3.63) is 41.6 Å². The molecule has 9 nitrogen and oxygen atoms in total. The van der Waals surface area contributed by atoms with Crippen LogP contribution in [0.4, 0.5) is 11.5 Å². The molecular weight excluding hydrogens is 396 g/mol. The third kappa shape index (κ3) is 4.39. The Morgan fingerprint density at radius 2 is 1.94 bits per heavy atom. The zero-order chi connectivity index (χ0) is 21.8. The lowest BCUT2D eigenvalue weighted by Gasteiger charge is -2.36. The number of amides is 1. The number of carbonyl (C=O) groups excluding carboxylic acids is 1. The number of nitrogen functional groups attached to an aromatic ring is 1. The highest BCUT2D eigenvalue weighted by atomic mass is 16.5. The molecule has 2 aromatic rings. The lowest BCUT2D eigenvalue weighted by molar-refractivity contribution is 0.0303. The van der Waals surface area contributed by atoms with Gasteiger partial charge in [-0.15, -0.1) is 0 Å². The van der Waals surface area contributed by atoms with Gasteiger partial charge >= 0.3 is 0 Å². The minimum Gasteiger partial charge on any atom is -0.383 e. The average molecular weight is 425 g/mol. The number of aromatic nitrogens is 1. The lowest BCUT2D eigenvalue weighted by Crippen LogP contribution is -2.46. The summed E-state index contributed by atoms with van der Waals surface area (Å²) in [7, 11) is 0. The van der Waals surface area contributed by atoms with Crippen LogP contribution in [0.25, 0.3) is 11.1 Å². The van der Waals surface area contributed by atoms with Crippen molar-refractivity contribution in [1.82, 2.24) is 9.88 Å². The first kappa shape index (κ1) is 21.2. The Bertz CT molecular complexity index is 943. The number of anilines is 2. The Hall–Kier alpha value is -3.01. The predicted molar refractivity (Wildman–Crippen MR) is 120 cm³/mol. The second-order valence-corrected chi connectivity index (χ2v) is 7.62. The second-order valence-electron chi connectivity index (χ2n) is 7.62. The minimum absolute atomic E-state index is 0.00431. The van der Waals surface area contributed by atoms with Gasteiger partial charge in [0.2, 0.25) is 0 Å². The van der Waals surface area contributed by atoms with E-state index >= 15 is 0 Å². The summed E-state index contributed by atoms with van der Waals surface area (Å²) in [4.78, 5) is 21.0. The van der Waals surface area contributed by atoms with Crippen LogP contribution in [-0.4, -0.2) is 80.7 Å². The fourth-order valence-corrected chi connectivity index (χ4v) is 4.03. The summed E-state index contributed by atoms with van der Waals surface area (Å²) < 4.78 is 11.0. The molecule has 3 heterocycles. The fraction of sp³-hybridized carbons (Fsp3) is 0.409. The van der Waals surface area contributed by atoms with Gasteiger partial charge in [0.1, 0.15) is 5.82 Å². The van der Waals surface area contributed by atoms with Gasteiger partial charge in [-0.2, -0.15) is 0 Å². The summed E-state index contributed by atoms with van der Waals surface area (Å²) in [5.41, 5.74) is 15.7. The van der Waals surface area contributed by atoms with E-state index < -0.39 is 0 Å². The highest BCUT2D eigenvalue weighted by Crippen LogP contribution is 2.36. The molecule has 0 saturated carbocycles. The van der Waals surface area contributed by atoms with Crippen LogP contribution in [0.15, 0.2) is 30.5 Å². The van der Waals surface area contributed by atoms with E-state index in [1.165, 1.54) is 6.21 Å². The van der Waals surface area contributed by atoms with Crippen molar-refractivity contribution >= 4 is 23.6 Å². The number of carbonyl (C=O) groups is 1. The van der Waals surface area contributed by atoms with E-state index in [9.17, 15) is 4.79 Å². The normalized spacial score (nSPS) is 19.3. The number of benzene rings is 1. The SMILES string of the molecule is N=Cc1c(N)ncc(-c2ccc(C(=O)N3CCOCC3)cc2)c1N1CCOC(CN)C1. The quantitative estimate of drug-likeness (QED) is 0.610. The third-order valence-corrected chi connectivity index (χ3v) is 5.72. The van der Waals surface area contributed by atoms with E-state index in [0.29, 0.717) is 69.5 Å². The third-order valence-electron chi connectivity index (χ3n) is 5.72. The molecule has 0 bridgehead atoms. The molecule has 1 aromatic heterocycles. The van der Waals surface area contributed by atoms with E-state index in [4.69, 9.17) is 26.4 Å². The molecule has 164 valence electrons. The average Bonchev–Trinajstić information content (AvgIpc) is 2.84. The molecule has 2 aliphatic heterocycles. The Labute approximate surface area is 181 Å². The van der Waals surface area contributed by atoms with E-state index in [1.807, 2.05) is 29.2 Å². The van der Waals surface area contributed by atoms with Gasteiger partial charge in [0.05, 0.1) is 37.2 Å². The maximum absolute atomic E-state index is 12.8. The number of ether oxygens (including phenoxy) is 2. The topological polar surface area (TPSA) is 131 Å². The van der Waals surface area contributed by atoms with Crippen molar-refractivity contribution < 1.29 is 14.3 Å². The van der Waals surface area contributed by atoms with Crippen LogP contribution in [0, 0.1) is 5.41 Å². The molecule has 1 amide bonds. The molecule has 2 saturated heterocycles. The van der Waals surface area contributed by atoms with Crippen molar-refractivity contribution in [2.24, 2.45) is 5.73 Å². The monoisotopic (exact) mass is 424 g/mol. The Balaban J connectivity index is 1.67. The van der Waals surface area contributed by atoms with Crippen molar-refractivity contribution in [3.8, 4) is 11.1 Å². The van der Waals surface area contributed by atoms with Gasteiger partial charge in [-0.25, -0.2) is 4.98 Å². The summed E-state index contributed by atoms with van der Waals surface area (Å²) in [6, 6.07) is 7.50. The van der Waals surface area contributed by atoms with Gasteiger partial charge in [-0.05, 0) is 17.7 Å². The van der Waals surface area contributed by atoms with E-state index in [1.54, 1.807) is 6.20 Å². The number of hydrogen-bond donors (Lipinski definition) is 3. The van der Waals surface area contributed by atoms with Crippen molar-refractivity contribution in [2.75, 3.05) is 63.2 Å². The molecule has 9 heteroatoms. The van der Waals surface area contributed by atoms with Crippen molar-refractivity contribution in [1.29, 1.82) is 5.41 Å². The van der Waals surface area contributed by atoms with Gasteiger partial charge in [-0.1, -0.05) is 12.1 Å². The first-order chi connectivity index (χ1) is 15.1. The van der Waals surface area contributed by atoms with Gasteiger partial charge in [0.15, 0.2) is 0 Å². The molecule has 0 aliphatic carbocycles. The Morgan fingerprint density at radius 3 is 2.61 bits per heavy atom. The summed E-state index contributed by atoms with van der Waals surface area (Å²) in [6.07, 6.45) is 2.89. The van der Waals surface area contributed by atoms with Gasteiger partial charge in [-0.3, -0.25) is 4.79 Å². The smallest absolute Gasteiger partial charge is 0.254 e. The van der Waals surface area contributed by atoms with Crippen LogP contribution in [0.3, 0.4) is 0 Å². The van der Waals surface area contributed by atoms with Crippen LogP contribution >= 0.6 is 0 Å². The number of nitrogens with one attached hydrogen (secondary N) is 1. The first-order valence-corrected chi connectivity index (χ1v) is 10.5. The molecule has 2 fully saturated rings. The standard InChI is InChI=1S/C22H28N6O3/c23-11-17-14-28(7-10-31-17)20-18(12-24)21(25)26-13-19(20)15-1-3-16(4-2-15)22(29)27-5-8-30-9-6-27/h1-4,12-13,17,24H,5-11,14,23H2,(H2,25,26). The van der Waals surface area contributed by atoms with Crippen molar-refractivity contribution in [3.63, 3.8) is 0 Å². The van der Waals surface area contributed by atoms with E-state index in [-0.39, 0.29) is 12.0 Å². The molecule has 2 aliphatic rings. The molecule has 0 spiro atoms. The molecular formula is C22H28N6O3. The molecule has 5 N–H and O–H groups in total. The molecule has 1 aromatic carbocycles. The number of nitrogens with zero attached hydrogens (tertiary/aromatic N) is 3. The first-order valence-electron chi connectivity index (χ1n) is 10.5. The molecule has 1 unspecified atom stereocenters. The van der Waals surface area contributed by atoms with Crippen LogP contribution in [0.5, 0.6) is 0 Å². The van der Waals surface area contributed by atoms with E-state index in [2.05, 4.69) is 9.88 Å². The fourth-order valence-electron chi connectivity index (χ4n) is 4.03. The highest BCUT2D eigenvalue weighted by Gasteiger charge is 2.25. The molecule has 0 radical (unpaired) electrons. The minimum atomic E-state index is -0.0805. The van der Waals surface area contributed by atoms with E-state index in [0.717, 1.165) is 16.8 Å². The number of rotatable bonds is 5. The zero-order valence-electron chi connectivity index (χ0n) is 17.4. The molecule has 1 atom stereocenters. The molecule has 4 rings (SSSR count). The van der Waals surface area contributed by atoms with Crippen LogP contribution in [-0.2, 0) is 9.47 Å². The largest absolute Gasteiger partial charge is 0.383 e. The number of nitrogens with two attached hydrogens (primary N) is 2. The van der Waals surface area contributed by atoms with Crippen LogP contribution in [0.2, 0.25) is 0 Å². The predicted octanol–water partition coefficient (Wildman–Crippen LogP) is 0.965. The number of pyridine rings is 1. The van der Waals surface area contributed by atoms with Crippen LogP contribution in [0.1, 0.15) is 15.9 Å². The van der Waals surface area contributed by atoms with Gasteiger partial charge < -0.3 is 36.2 Å². The number of hydrogen-bond acceptors (Lipinski definition) is 8. The maximum Gasteiger partial charge on any atom is 0.254 e. The summed E-state index contributed by atoms with van der Waals surface area (Å²) in [5, 5.41) is 7.91. The Kier molecular flexibility index (Phi) is 6.45. The summed E-state index contributed by atoms with van der Waals surface area (Å²) >= 11 is 0. The zero-order valence-corrected chi connectivity index (χ0v) is 17.4. The van der Waals surface area contributed by atoms with Gasteiger partial charge in [0.25, 0.3) is 5.91 Å². The molecule has 31 heavy (non-hydrogen) atoms. The van der Waals surface area contributed by atoms with Crippen molar-refractivity contribution in [2.45, 2.75) is 6.10 Å². The number of morpholine rings is 2. The maximum atomic E-state index is 12.8. The van der Waals surface area contributed by atoms with Gasteiger partial charge in [0, 0.05) is 56.3 Å². The summed E-state index contributed by atoms with van der Waals surface area (Å²) in [6.45, 7) is 4.60. The Morgan fingerprint density at radius 1 is 1.19 bits per heavy atom. The lowest BCUT2D eigenvalue weighted by atomic mass is 9.99. The van der Waals surface area contributed by atoms with Crippen LogP contribution < -0.4 is 16.4 Å². The highest BCUT2D eigenvalue weighted by molar-refractivity contribution is 5.99. The second kappa shape index (κ2) is 9.42. The summed E-state index contributed by atoms with van der Waals surface area (Å²) in [5.74, 6) is 0.313.